The van der Waals surface area contributed by atoms with Crippen LogP contribution in [0.25, 0.3) is 0 Å². The zero-order chi connectivity index (χ0) is 12.6. The second-order valence-electron chi connectivity index (χ2n) is 3.67. The summed E-state index contributed by atoms with van der Waals surface area (Å²) in [4.78, 5) is 23.6. The van der Waals surface area contributed by atoms with Crippen molar-refractivity contribution in [2.45, 2.75) is 13.0 Å². The highest BCUT2D eigenvalue weighted by Gasteiger charge is 2.27. The van der Waals surface area contributed by atoms with E-state index in [9.17, 15) is 9.59 Å². The summed E-state index contributed by atoms with van der Waals surface area (Å²) in [5.74, 6) is 1.84. The molecule has 0 saturated heterocycles. The third-order valence-electron chi connectivity index (χ3n) is 2.53. The van der Waals surface area contributed by atoms with Gasteiger partial charge in [0.05, 0.1) is 11.3 Å². The van der Waals surface area contributed by atoms with Crippen molar-refractivity contribution >= 4 is 33.4 Å². The molecule has 2 amide bonds. The highest BCUT2D eigenvalue weighted by molar-refractivity contribution is 9.10. The molecule has 0 aromatic heterocycles. The van der Waals surface area contributed by atoms with E-state index in [4.69, 9.17) is 6.42 Å². The maximum absolute atomic E-state index is 11.9. The molecule has 0 fully saturated rings. The smallest absolute Gasteiger partial charge is 0.255 e. The number of halogens is 1. The van der Waals surface area contributed by atoms with Crippen LogP contribution in [0, 0.1) is 12.3 Å². The van der Waals surface area contributed by atoms with E-state index in [1.807, 2.05) is 0 Å². The molecule has 2 N–H and O–H groups in total. The molecule has 1 aliphatic heterocycles. The van der Waals surface area contributed by atoms with Crippen LogP contribution in [0.4, 0.5) is 5.69 Å². The Hall–Kier alpha value is -1.80. The number of amides is 2. The minimum absolute atomic E-state index is 0.285. The monoisotopic (exact) mass is 292 g/mol. The Kier molecular flexibility index (Phi) is 2.90. The van der Waals surface area contributed by atoms with E-state index in [1.165, 1.54) is 0 Å². The molecule has 1 atom stereocenters. The number of rotatable bonds is 0. The third-order valence-corrected chi connectivity index (χ3v) is 3.19. The lowest BCUT2D eigenvalue weighted by Gasteiger charge is -2.09. The fourth-order valence-corrected chi connectivity index (χ4v) is 2.13. The lowest BCUT2D eigenvalue weighted by atomic mass is 10.1. The number of terminal acetylenes is 1. The second-order valence-corrected chi connectivity index (χ2v) is 4.53. The minimum Gasteiger partial charge on any atom is -0.340 e. The summed E-state index contributed by atoms with van der Waals surface area (Å²) in [6.45, 7) is 1.61. The average molecular weight is 293 g/mol. The molecule has 86 valence electrons. The molecule has 0 saturated carbocycles. The first kappa shape index (κ1) is 11.7. The van der Waals surface area contributed by atoms with Gasteiger partial charge in [-0.05, 0) is 35.0 Å². The highest BCUT2D eigenvalue weighted by Crippen LogP contribution is 2.30. The Balaban J connectivity index is 2.69. The highest BCUT2D eigenvalue weighted by atomic mass is 79.9. The van der Waals surface area contributed by atoms with Gasteiger partial charge in [-0.1, -0.05) is 5.92 Å². The van der Waals surface area contributed by atoms with E-state index in [0.29, 0.717) is 21.3 Å². The minimum atomic E-state index is -0.590. The molecule has 1 heterocycles. The van der Waals surface area contributed by atoms with Crippen molar-refractivity contribution in [3.63, 3.8) is 0 Å². The van der Waals surface area contributed by atoms with Gasteiger partial charge in [0.25, 0.3) is 5.91 Å². The average Bonchev–Trinajstić information content (AvgIpc) is 2.38. The van der Waals surface area contributed by atoms with E-state index < -0.39 is 6.04 Å². The first-order valence-electron chi connectivity index (χ1n) is 4.95. The number of fused-ring (bicyclic) bond motifs is 1. The fourth-order valence-electron chi connectivity index (χ4n) is 1.62. The number of carbonyl (C=O) groups excluding carboxylic acids is 2. The molecular weight excluding hydrogens is 284 g/mol. The summed E-state index contributed by atoms with van der Waals surface area (Å²) >= 11 is 3.28. The van der Waals surface area contributed by atoms with Gasteiger partial charge in [-0.2, -0.15) is 0 Å². The van der Waals surface area contributed by atoms with Crippen molar-refractivity contribution in [1.29, 1.82) is 0 Å². The molecule has 0 radical (unpaired) electrons. The van der Waals surface area contributed by atoms with Gasteiger partial charge in [0.15, 0.2) is 0 Å². The summed E-state index contributed by atoms with van der Waals surface area (Å²) in [6, 6.07) is 2.77. The van der Waals surface area contributed by atoms with Crippen LogP contribution in [0.2, 0.25) is 0 Å². The molecule has 4 nitrogen and oxygen atoms in total. The lowest BCUT2D eigenvalue weighted by Crippen LogP contribution is -2.38. The molecule has 0 spiro atoms. The molecule has 17 heavy (non-hydrogen) atoms. The Labute approximate surface area is 107 Å². The molecule has 2 rings (SSSR count). The van der Waals surface area contributed by atoms with Crippen molar-refractivity contribution in [2.24, 2.45) is 0 Å². The van der Waals surface area contributed by atoms with Crippen molar-refractivity contribution < 1.29 is 9.59 Å². The fraction of sp³-hybridized carbons (Fsp3) is 0.167. The molecular formula is C12H9BrN2O2. The van der Waals surface area contributed by atoms with Gasteiger partial charge in [-0.15, -0.1) is 6.42 Å². The van der Waals surface area contributed by atoms with Crippen molar-refractivity contribution in [2.75, 3.05) is 5.32 Å². The van der Waals surface area contributed by atoms with E-state index in [-0.39, 0.29) is 11.8 Å². The van der Waals surface area contributed by atoms with Crippen LogP contribution in [0.3, 0.4) is 0 Å². The second kappa shape index (κ2) is 4.22. The lowest BCUT2D eigenvalue weighted by molar-refractivity contribution is -0.117. The standard InChI is InChI=1S/C12H9BrN2O2/c1-3-7-4-5-8(13)9-10(7)15-11(16)6(2)14-12(9)17/h1,4-6H,2H3,(H,14,17)(H,15,16). The Morgan fingerprint density at radius 1 is 1.41 bits per heavy atom. The summed E-state index contributed by atoms with van der Waals surface area (Å²) < 4.78 is 0.596. The topological polar surface area (TPSA) is 58.2 Å². The number of carbonyl (C=O) groups is 2. The zero-order valence-corrected chi connectivity index (χ0v) is 10.6. The predicted octanol–water partition coefficient (Wildman–Crippen LogP) is 1.50. The van der Waals surface area contributed by atoms with E-state index >= 15 is 0 Å². The molecule has 0 bridgehead atoms. The van der Waals surface area contributed by atoms with Crippen LogP contribution in [0.5, 0.6) is 0 Å². The summed E-state index contributed by atoms with van der Waals surface area (Å²) in [5, 5.41) is 5.26. The normalized spacial score (nSPS) is 18.5. The van der Waals surface area contributed by atoms with Crippen LogP contribution in [0.1, 0.15) is 22.8 Å². The van der Waals surface area contributed by atoms with Gasteiger partial charge in [-0.3, -0.25) is 9.59 Å². The Bertz CT molecular complexity index is 560. The summed E-state index contributed by atoms with van der Waals surface area (Å²) in [6.07, 6.45) is 5.35. The summed E-state index contributed by atoms with van der Waals surface area (Å²) in [5.41, 5.74) is 1.23. The van der Waals surface area contributed by atoms with E-state index in [1.54, 1.807) is 19.1 Å². The van der Waals surface area contributed by atoms with Crippen LogP contribution in [0.15, 0.2) is 16.6 Å². The van der Waals surface area contributed by atoms with Gasteiger partial charge in [0.1, 0.15) is 6.04 Å². The van der Waals surface area contributed by atoms with Gasteiger partial charge in [-0.25, -0.2) is 0 Å². The third kappa shape index (κ3) is 1.92. The molecule has 1 aromatic carbocycles. The number of benzene rings is 1. The van der Waals surface area contributed by atoms with Gasteiger partial charge >= 0.3 is 0 Å². The first-order valence-corrected chi connectivity index (χ1v) is 5.74. The van der Waals surface area contributed by atoms with Crippen molar-refractivity contribution in [1.82, 2.24) is 5.32 Å². The van der Waals surface area contributed by atoms with Crippen molar-refractivity contribution in [3.8, 4) is 12.3 Å². The Morgan fingerprint density at radius 2 is 2.12 bits per heavy atom. The Morgan fingerprint density at radius 3 is 2.76 bits per heavy atom. The largest absolute Gasteiger partial charge is 0.340 e. The SMILES string of the molecule is C#Cc1ccc(Br)c2c1NC(=O)C(C)NC2=O. The van der Waals surface area contributed by atoms with Crippen LogP contribution < -0.4 is 10.6 Å². The van der Waals surface area contributed by atoms with Gasteiger partial charge < -0.3 is 10.6 Å². The number of hydrogen-bond acceptors (Lipinski definition) is 2. The maximum Gasteiger partial charge on any atom is 0.255 e. The predicted molar refractivity (Wildman–Crippen MR) is 67.6 cm³/mol. The van der Waals surface area contributed by atoms with Gasteiger partial charge in [0, 0.05) is 10.0 Å². The maximum atomic E-state index is 11.9. The zero-order valence-electron chi connectivity index (χ0n) is 9.00. The quantitative estimate of drug-likeness (QED) is 0.712. The molecule has 1 aliphatic rings. The molecule has 0 aliphatic carbocycles. The number of hydrogen-bond donors (Lipinski definition) is 2. The van der Waals surface area contributed by atoms with Gasteiger partial charge in [0.2, 0.25) is 5.91 Å². The van der Waals surface area contributed by atoms with Crippen LogP contribution >= 0.6 is 15.9 Å². The van der Waals surface area contributed by atoms with E-state index in [2.05, 4.69) is 32.5 Å². The van der Waals surface area contributed by atoms with Crippen molar-refractivity contribution in [3.05, 3.63) is 27.7 Å². The summed E-state index contributed by atoms with van der Waals surface area (Å²) in [7, 11) is 0. The van der Waals surface area contributed by atoms with Crippen LogP contribution in [-0.2, 0) is 4.79 Å². The van der Waals surface area contributed by atoms with E-state index in [0.717, 1.165) is 0 Å². The number of anilines is 1. The number of nitrogens with one attached hydrogen (secondary N) is 2. The van der Waals surface area contributed by atoms with Crippen LogP contribution in [-0.4, -0.2) is 17.9 Å². The first-order chi connectivity index (χ1) is 8.04. The molecule has 5 heteroatoms. The molecule has 1 aromatic rings. The molecule has 1 unspecified atom stereocenters.